The minimum atomic E-state index is 0. The number of aromatic nitrogens is 2. The third-order valence-electron chi connectivity index (χ3n) is 10.4. The van der Waals surface area contributed by atoms with Gasteiger partial charge in [0.2, 0.25) is 0 Å². The fourth-order valence-electron chi connectivity index (χ4n) is 7.82. The van der Waals surface area contributed by atoms with Gasteiger partial charge < -0.3 is 19.3 Å². The second-order valence-corrected chi connectivity index (χ2v) is 13.6. The van der Waals surface area contributed by atoms with E-state index in [4.69, 9.17) is 4.98 Å². The van der Waals surface area contributed by atoms with Gasteiger partial charge in [-0.25, -0.2) is 4.98 Å². The molecule has 266 valence electrons. The van der Waals surface area contributed by atoms with E-state index in [0.717, 1.165) is 67.3 Å². The van der Waals surface area contributed by atoms with E-state index in [2.05, 4.69) is 214 Å². The summed E-state index contributed by atoms with van der Waals surface area (Å²) >= 11 is 0. The molecule has 6 heteroatoms. The van der Waals surface area contributed by atoms with E-state index in [0.29, 0.717) is 6.67 Å². The molecule has 10 rings (SSSR count). The summed E-state index contributed by atoms with van der Waals surface area (Å²) in [6.07, 6.45) is 1.91. The number of aryl methyl sites for hydroxylation is 1. The molecule has 1 aliphatic rings. The Morgan fingerprint density at radius 3 is 2.09 bits per heavy atom. The zero-order valence-electron chi connectivity index (χ0n) is 30.1. The molecule has 55 heavy (non-hydrogen) atoms. The molecule has 0 amide bonds. The number of fused-ring (bicyclic) bond motifs is 4. The Bertz CT molecular complexity index is 2800. The molecule has 3 heterocycles. The molecule has 0 aliphatic carbocycles. The van der Waals surface area contributed by atoms with Crippen molar-refractivity contribution < 1.29 is 21.1 Å². The van der Waals surface area contributed by atoms with E-state index >= 15 is 0 Å². The van der Waals surface area contributed by atoms with Crippen LogP contribution in [0.4, 0.5) is 39.8 Å². The van der Waals surface area contributed by atoms with E-state index in [1.807, 2.05) is 6.20 Å². The Morgan fingerprint density at radius 2 is 1.27 bits per heavy atom. The van der Waals surface area contributed by atoms with Gasteiger partial charge in [0.25, 0.3) is 0 Å². The molecular formula is C49H35N5Pt. The zero-order valence-corrected chi connectivity index (χ0v) is 32.4. The second-order valence-electron chi connectivity index (χ2n) is 13.6. The maximum Gasteiger partial charge on any atom is 2.00 e. The predicted octanol–water partition coefficient (Wildman–Crippen LogP) is 12.5. The first-order chi connectivity index (χ1) is 26.7. The standard InChI is InChI=1S/C49H35N5.Pt/c1-35-15-8-9-22-42(35)36-29-30-50-49(31-36)54-45-24-11-10-23-43(45)44-28-27-41(33-48(44)54)53(38-18-6-3-7-19-38)40-21-14-20-39(32-40)52-34-51(37-16-4-2-5-17-37)46-25-12-13-26-47(46)52;/h2-31H,34H2,1H3;/q-2;+2. The predicted molar refractivity (Wildman–Crippen MR) is 223 cm³/mol. The molecule has 0 fully saturated rings. The molecule has 0 saturated carbocycles. The summed E-state index contributed by atoms with van der Waals surface area (Å²) in [6.45, 7) is 2.84. The molecule has 0 bridgehead atoms. The minimum Gasteiger partial charge on any atom is -0.358 e. The summed E-state index contributed by atoms with van der Waals surface area (Å²) in [4.78, 5) is 11.9. The quantitative estimate of drug-likeness (QED) is 0.149. The van der Waals surface area contributed by atoms with Gasteiger partial charge in [0.15, 0.2) is 0 Å². The van der Waals surface area contributed by atoms with E-state index < -0.39 is 0 Å². The smallest absolute Gasteiger partial charge is 0.358 e. The molecule has 0 spiro atoms. The molecule has 9 aromatic rings. The van der Waals surface area contributed by atoms with Gasteiger partial charge in [0.1, 0.15) is 5.82 Å². The Balaban J connectivity index is 0.00000397. The molecule has 7 aromatic carbocycles. The van der Waals surface area contributed by atoms with Gasteiger partial charge in [-0.3, -0.25) is 0 Å². The monoisotopic (exact) mass is 888 g/mol. The van der Waals surface area contributed by atoms with Crippen LogP contribution < -0.4 is 14.7 Å². The number of rotatable bonds is 7. The van der Waals surface area contributed by atoms with E-state index in [-0.39, 0.29) is 21.1 Å². The van der Waals surface area contributed by atoms with E-state index in [1.165, 1.54) is 16.8 Å². The maximum atomic E-state index is 4.94. The van der Waals surface area contributed by atoms with Crippen LogP contribution in [-0.2, 0) is 21.1 Å². The number of nitrogens with zero attached hydrogens (tertiary/aromatic N) is 5. The SMILES string of the molecule is Cc1ccccc1-c1ccnc(-n2c3[c-]c(N(c4[c-]c(N5CN(c6ccccc6)c6ccccc65)ccc4)c4ccccc4)ccc3c3ccccc32)c1.[Pt+2]. The summed E-state index contributed by atoms with van der Waals surface area (Å²) in [5.41, 5.74) is 13.0. The number of anilines is 7. The molecule has 0 saturated heterocycles. The third-order valence-corrected chi connectivity index (χ3v) is 10.4. The van der Waals surface area contributed by atoms with Gasteiger partial charge >= 0.3 is 21.1 Å². The molecular weight excluding hydrogens is 854 g/mol. The van der Waals surface area contributed by atoms with E-state index in [9.17, 15) is 0 Å². The van der Waals surface area contributed by atoms with Crippen LogP contribution in [0.3, 0.4) is 0 Å². The van der Waals surface area contributed by atoms with Gasteiger partial charge in [-0.15, -0.1) is 35.7 Å². The summed E-state index contributed by atoms with van der Waals surface area (Å²) in [5, 5.41) is 2.28. The summed E-state index contributed by atoms with van der Waals surface area (Å²) < 4.78 is 2.25. The van der Waals surface area contributed by atoms with Crippen molar-refractivity contribution in [1.29, 1.82) is 0 Å². The normalized spacial score (nSPS) is 12.2. The van der Waals surface area contributed by atoms with Crippen molar-refractivity contribution in [1.82, 2.24) is 9.55 Å². The van der Waals surface area contributed by atoms with Crippen LogP contribution in [0.25, 0.3) is 38.8 Å². The van der Waals surface area contributed by atoms with Crippen LogP contribution in [0.15, 0.2) is 182 Å². The first-order valence-electron chi connectivity index (χ1n) is 18.3. The van der Waals surface area contributed by atoms with Crippen molar-refractivity contribution in [3.8, 4) is 16.9 Å². The Labute approximate surface area is 335 Å². The fourth-order valence-corrected chi connectivity index (χ4v) is 7.82. The Morgan fingerprint density at radius 1 is 0.582 bits per heavy atom. The summed E-state index contributed by atoms with van der Waals surface area (Å²) in [5.74, 6) is 0.853. The van der Waals surface area contributed by atoms with Gasteiger partial charge in [-0.1, -0.05) is 114 Å². The first kappa shape index (κ1) is 34.4. The number of para-hydroxylation sites is 5. The van der Waals surface area contributed by atoms with Crippen LogP contribution in [0, 0.1) is 19.1 Å². The van der Waals surface area contributed by atoms with Crippen molar-refractivity contribution in [2.75, 3.05) is 21.4 Å². The molecule has 0 unspecified atom stereocenters. The Kier molecular flexibility index (Phi) is 9.01. The van der Waals surface area contributed by atoms with Crippen molar-refractivity contribution in [2.24, 2.45) is 0 Å². The molecule has 0 atom stereocenters. The fraction of sp³-hybridized carbons (Fsp3) is 0.0408. The first-order valence-corrected chi connectivity index (χ1v) is 18.3. The number of pyridine rings is 1. The van der Waals surface area contributed by atoms with Crippen LogP contribution in [-0.4, -0.2) is 16.2 Å². The van der Waals surface area contributed by atoms with E-state index in [1.54, 1.807) is 0 Å². The van der Waals surface area contributed by atoms with Gasteiger partial charge in [-0.2, -0.15) is 12.1 Å². The number of benzene rings is 7. The third kappa shape index (κ3) is 6.07. The van der Waals surface area contributed by atoms with Crippen molar-refractivity contribution in [3.63, 3.8) is 0 Å². The van der Waals surface area contributed by atoms with Gasteiger partial charge in [0.05, 0.1) is 18.0 Å². The largest absolute Gasteiger partial charge is 2.00 e. The molecule has 2 aromatic heterocycles. The molecule has 0 N–H and O–H groups in total. The molecule has 5 nitrogen and oxygen atoms in total. The van der Waals surface area contributed by atoms with Crippen LogP contribution in [0.2, 0.25) is 0 Å². The average Bonchev–Trinajstić information content (AvgIpc) is 3.78. The summed E-state index contributed by atoms with van der Waals surface area (Å²) in [7, 11) is 0. The summed E-state index contributed by atoms with van der Waals surface area (Å²) in [6, 6.07) is 69.5. The van der Waals surface area contributed by atoms with Gasteiger partial charge in [-0.05, 0) is 83.6 Å². The number of hydrogen-bond acceptors (Lipinski definition) is 4. The zero-order chi connectivity index (χ0) is 36.0. The maximum absolute atomic E-state index is 4.94. The van der Waals surface area contributed by atoms with Crippen LogP contribution in [0.5, 0.6) is 0 Å². The second kappa shape index (κ2) is 14.4. The van der Waals surface area contributed by atoms with Crippen molar-refractivity contribution in [2.45, 2.75) is 6.92 Å². The van der Waals surface area contributed by atoms with Crippen molar-refractivity contribution in [3.05, 3.63) is 200 Å². The average molecular weight is 889 g/mol. The topological polar surface area (TPSA) is 27.5 Å². The Hall–Kier alpha value is -6.42. The molecule has 1 aliphatic heterocycles. The minimum absolute atomic E-state index is 0. The van der Waals surface area contributed by atoms with Crippen molar-refractivity contribution >= 4 is 61.6 Å². The van der Waals surface area contributed by atoms with Crippen LogP contribution >= 0.6 is 0 Å². The molecule has 0 radical (unpaired) electrons. The number of hydrogen-bond donors (Lipinski definition) is 0. The van der Waals surface area contributed by atoms with Gasteiger partial charge in [0, 0.05) is 23.1 Å². The van der Waals surface area contributed by atoms with Crippen LogP contribution in [0.1, 0.15) is 5.56 Å².